The van der Waals surface area contributed by atoms with Crippen LogP contribution in [0.3, 0.4) is 0 Å². The van der Waals surface area contributed by atoms with Crippen molar-refractivity contribution in [3.63, 3.8) is 0 Å². The van der Waals surface area contributed by atoms with Crippen LogP contribution in [0.2, 0.25) is 0 Å². The van der Waals surface area contributed by atoms with Crippen LogP contribution in [0.1, 0.15) is 49.4 Å². The smallest absolute Gasteiger partial charge is 0.308 e. The number of fused-ring (bicyclic) bond motifs is 1. The van der Waals surface area contributed by atoms with Gasteiger partial charge in [-0.25, -0.2) is 4.98 Å². The van der Waals surface area contributed by atoms with E-state index in [1.807, 2.05) is 27.7 Å². The molecule has 7 nitrogen and oxygen atoms in total. The molecule has 1 aliphatic heterocycles. The van der Waals surface area contributed by atoms with Gasteiger partial charge >= 0.3 is 5.97 Å². The summed E-state index contributed by atoms with van der Waals surface area (Å²) in [5.74, 6) is 1.46. The van der Waals surface area contributed by atoms with Crippen LogP contribution in [-0.4, -0.2) is 29.1 Å². The van der Waals surface area contributed by atoms with Crippen LogP contribution in [0.15, 0.2) is 18.3 Å². The summed E-state index contributed by atoms with van der Waals surface area (Å²) in [5, 5.41) is 2.68. The van der Waals surface area contributed by atoms with E-state index in [1.165, 1.54) is 13.8 Å². The Balaban J connectivity index is 1.76. The predicted octanol–water partition coefficient (Wildman–Crippen LogP) is 4.05. The molecule has 1 unspecified atom stereocenters. The number of hydrogen-bond acceptors (Lipinski definition) is 6. The zero-order valence-corrected chi connectivity index (χ0v) is 18.3. The monoisotopic (exact) mass is 412 g/mol. The Morgan fingerprint density at radius 3 is 2.50 bits per heavy atom. The Bertz CT molecular complexity index is 984. The van der Waals surface area contributed by atoms with Gasteiger partial charge in [-0.15, -0.1) is 0 Å². The Kier molecular flexibility index (Phi) is 6.01. The first-order valence-corrected chi connectivity index (χ1v) is 9.96. The third kappa shape index (κ3) is 4.56. The van der Waals surface area contributed by atoms with E-state index < -0.39 is 5.60 Å². The largest absolute Gasteiger partial charge is 0.483 e. The second kappa shape index (κ2) is 8.34. The van der Waals surface area contributed by atoms with Crippen molar-refractivity contribution in [2.24, 2.45) is 0 Å². The second-order valence-electron chi connectivity index (χ2n) is 8.01. The molecule has 0 bridgehead atoms. The van der Waals surface area contributed by atoms with Gasteiger partial charge in [0.25, 0.3) is 0 Å². The first-order chi connectivity index (χ1) is 14.1. The standard InChI is InChI=1S/C23H28N2O5/c1-13-14(2)22-19(15(3)21(13)29-17(5)27)9-10-23(6,30-22)12-28-20-8-7-18(11-24-20)25-16(4)26/h7-8,11H,9-10,12H2,1-6H3,(H,25,26). The molecule has 1 amide bonds. The average Bonchev–Trinajstić information content (AvgIpc) is 2.68. The van der Waals surface area contributed by atoms with Crippen molar-refractivity contribution in [2.75, 3.05) is 11.9 Å². The van der Waals surface area contributed by atoms with E-state index in [9.17, 15) is 9.59 Å². The van der Waals surface area contributed by atoms with E-state index in [0.717, 1.165) is 40.8 Å². The Morgan fingerprint density at radius 2 is 1.90 bits per heavy atom. The molecule has 1 N–H and O–H groups in total. The molecule has 1 aromatic heterocycles. The van der Waals surface area contributed by atoms with Crippen LogP contribution < -0.4 is 19.5 Å². The fraction of sp³-hybridized carbons (Fsp3) is 0.435. The van der Waals surface area contributed by atoms with Crippen LogP contribution in [0.5, 0.6) is 17.4 Å². The van der Waals surface area contributed by atoms with Crippen LogP contribution in [-0.2, 0) is 16.0 Å². The first kappa shape index (κ1) is 21.6. The number of carbonyl (C=O) groups is 2. The molecule has 0 fully saturated rings. The summed E-state index contributed by atoms with van der Waals surface area (Å²) >= 11 is 0. The van der Waals surface area contributed by atoms with E-state index in [1.54, 1.807) is 18.3 Å². The molecular formula is C23H28N2O5. The molecule has 160 valence electrons. The van der Waals surface area contributed by atoms with Gasteiger partial charge in [0.15, 0.2) is 0 Å². The molecule has 2 heterocycles. The number of amides is 1. The summed E-state index contributed by atoms with van der Waals surface area (Å²) in [6.07, 6.45) is 3.11. The molecule has 7 heteroatoms. The molecule has 2 aromatic rings. The average molecular weight is 412 g/mol. The number of pyridine rings is 1. The lowest BCUT2D eigenvalue weighted by Gasteiger charge is -2.37. The highest BCUT2D eigenvalue weighted by Crippen LogP contribution is 2.43. The summed E-state index contributed by atoms with van der Waals surface area (Å²) in [6, 6.07) is 3.47. The highest BCUT2D eigenvalue weighted by Gasteiger charge is 2.36. The number of ether oxygens (including phenoxy) is 3. The third-order valence-corrected chi connectivity index (χ3v) is 5.39. The third-order valence-electron chi connectivity index (χ3n) is 5.39. The van der Waals surface area contributed by atoms with Gasteiger partial charge < -0.3 is 19.5 Å². The van der Waals surface area contributed by atoms with Gasteiger partial charge in [-0.05, 0) is 63.3 Å². The summed E-state index contributed by atoms with van der Waals surface area (Å²) < 4.78 is 17.8. The van der Waals surface area contributed by atoms with Crippen LogP contribution >= 0.6 is 0 Å². The normalized spacial score (nSPS) is 17.5. The number of hydrogen-bond donors (Lipinski definition) is 1. The Morgan fingerprint density at radius 1 is 1.17 bits per heavy atom. The molecule has 3 rings (SSSR count). The molecule has 1 aromatic carbocycles. The Hall–Kier alpha value is -3.09. The van der Waals surface area contributed by atoms with Crippen LogP contribution in [0, 0.1) is 20.8 Å². The number of anilines is 1. The number of esters is 1. The minimum Gasteiger partial charge on any atom is -0.483 e. The van der Waals surface area contributed by atoms with Crippen molar-refractivity contribution < 1.29 is 23.8 Å². The molecular weight excluding hydrogens is 384 g/mol. The van der Waals surface area contributed by atoms with E-state index in [-0.39, 0.29) is 11.9 Å². The minimum absolute atomic E-state index is 0.148. The summed E-state index contributed by atoms with van der Waals surface area (Å²) in [4.78, 5) is 26.8. The van der Waals surface area contributed by atoms with Gasteiger partial charge in [0.05, 0.1) is 11.9 Å². The van der Waals surface area contributed by atoms with Crippen molar-refractivity contribution >= 4 is 17.6 Å². The lowest BCUT2D eigenvalue weighted by atomic mass is 9.87. The summed E-state index contributed by atoms with van der Waals surface area (Å²) in [7, 11) is 0. The van der Waals surface area contributed by atoms with E-state index >= 15 is 0 Å². The highest BCUT2D eigenvalue weighted by molar-refractivity contribution is 5.88. The molecule has 0 aliphatic carbocycles. The summed E-state index contributed by atoms with van der Waals surface area (Å²) in [5.41, 5.74) is 4.00. The fourth-order valence-corrected chi connectivity index (χ4v) is 3.65. The van der Waals surface area contributed by atoms with Crippen molar-refractivity contribution in [3.8, 4) is 17.4 Å². The van der Waals surface area contributed by atoms with Gasteiger partial charge in [-0.3, -0.25) is 9.59 Å². The fourth-order valence-electron chi connectivity index (χ4n) is 3.65. The molecule has 1 atom stereocenters. The second-order valence-corrected chi connectivity index (χ2v) is 8.01. The zero-order valence-electron chi connectivity index (χ0n) is 18.3. The maximum Gasteiger partial charge on any atom is 0.308 e. The number of rotatable bonds is 5. The SMILES string of the molecule is CC(=O)Nc1ccc(OCC2(C)CCc3c(C)c(OC(C)=O)c(C)c(C)c3O2)nc1. The number of nitrogens with zero attached hydrogens (tertiary/aromatic N) is 1. The highest BCUT2D eigenvalue weighted by atomic mass is 16.6. The molecule has 0 radical (unpaired) electrons. The van der Waals surface area contributed by atoms with Crippen LogP contribution in [0.4, 0.5) is 5.69 Å². The number of carbonyl (C=O) groups excluding carboxylic acids is 2. The van der Waals surface area contributed by atoms with E-state index in [2.05, 4.69) is 10.3 Å². The van der Waals surface area contributed by atoms with Gasteiger partial charge in [-0.2, -0.15) is 0 Å². The van der Waals surface area contributed by atoms with Gasteiger partial charge in [0.1, 0.15) is 23.7 Å². The zero-order chi connectivity index (χ0) is 22.1. The lowest BCUT2D eigenvalue weighted by Crippen LogP contribution is -2.42. The minimum atomic E-state index is -0.516. The maximum atomic E-state index is 11.5. The van der Waals surface area contributed by atoms with Gasteiger partial charge in [0, 0.05) is 25.5 Å². The predicted molar refractivity (Wildman–Crippen MR) is 113 cm³/mol. The number of benzene rings is 1. The van der Waals surface area contributed by atoms with E-state index in [4.69, 9.17) is 14.2 Å². The van der Waals surface area contributed by atoms with Gasteiger partial charge in [-0.1, -0.05) is 0 Å². The molecule has 0 saturated heterocycles. The van der Waals surface area contributed by atoms with Crippen molar-refractivity contribution in [1.82, 2.24) is 4.98 Å². The summed E-state index contributed by atoms with van der Waals surface area (Å²) in [6.45, 7) is 11.1. The van der Waals surface area contributed by atoms with Crippen molar-refractivity contribution in [2.45, 2.75) is 60.0 Å². The van der Waals surface area contributed by atoms with Crippen LogP contribution in [0.25, 0.3) is 0 Å². The molecule has 30 heavy (non-hydrogen) atoms. The Labute approximate surface area is 176 Å². The van der Waals surface area contributed by atoms with Crippen molar-refractivity contribution in [1.29, 1.82) is 0 Å². The molecule has 0 saturated carbocycles. The topological polar surface area (TPSA) is 86.8 Å². The first-order valence-electron chi connectivity index (χ1n) is 9.96. The number of nitrogens with one attached hydrogen (secondary N) is 1. The maximum absolute atomic E-state index is 11.5. The van der Waals surface area contributed by atoms with Gasteiger partial charge in [0.2, 0.25) is 11.8 Å². The van der Waals surface area contributed by atoms with Crippen molar-refractivity contribution in [3.05, 3.63) is 40.6 Å². The lowest BCUT2D eigenvalue weighted by molar-refractivity contribution is -0.132. The molecule has 0 spiro atoms. The number of aromatic nitrogens is 1. The molecule has 1 aliphatic rings. The van der Waals surface area contributed by atoms with E-state index in [0.29, 0.717) is 23.9 Å². The quantitative estimate of drug-likeness (QED) is 0.589.